The van der Waals surface area contributed by atoms with Crippen LogP contribution in [0.2, 0.25) is 0 Å². The molecule has 0 unspecified atom stereocenters. The van der Waals surface area contributed by atoms with Gasteiger partial charge in [-0.15, -0.1) is 0 Å². The summed E-state index contributed by atoms with van der Waals surface area (Å²) < 4.78 is 5.62. The highest BCUT2D eigenvalue weighted by atomic mass is 16.5. The van der Waals surface area contributed by atoms with Gasteiger partial charge in [-0.1, -0.05) is 25.1 Å². The molecule has 0 fully saturated rings. The van der Waals surface area contributed by atoms with Gasteiger partial charge in [0.25, 0.3) is 0 Å². The number of ether oxygens (including phenoxy) is 1. The van der Waals surface area contributed by atoms with Crippen molar-refractivity contribution in [3.8, 4) is 5.75 Å². The van der Waals surface area contributed by atoms with Gasteiger partial charge >= 0.3 is 0 Å². The zero-order valence-electron chi connectivity index (χ0n) is 9.67. The van der Waals surface area contributed by atoms with E-state index >= 15 is 0 Å². The van der Waals surface area contributed by atoms with Crippen molar-refractivity contribution in [2.75, 3.05) is 6.61 Å². The second-order valence-electron chi connectivity index (χ2n) is 3.71. The van der Waals surface area contributed by atoms with Gasteiger partial charge in [-0.25, -0.2) is 0 Å². The Labute approximate surface area is 91.3 Å². The van der Waals surface area contributed by atoms with Gasteiger partial charge in [-0.2, -0.15) is 0 Å². The summed E-state index contributed by atoms with van der Waals surface area (Å²) in [6.45, 7) is 6.40. The highest BCUT2D eigenvalue weighted by molar-refractivity contribution is 5.78. The number of hydrogen-bond donors (Lipinski definition) is 0. The van der Waals surface area contributed by atoms with Crippen molar-refractivity contribution in [3.05, 3.63) is 29.3 Å². The molecule has 0 amide bonds. The van der Waals surface area contributed by atoms with Crippen molar-refractivity contribution < 1.29 is 9.53 Å². The van der Waals surface area contributed by atoms with Gasteiger partial charge in [0.05, 0.1) is 6.61 Å². The lowest BCUT2D eigenvalue weighted by atomic mass is 10.1. The molecule has 0 saturated heterocycles. The van der Waals surface area contributed by atoms with Gasteiger partial charge < -0.3 is 4.74 Å². The van der Waals surface area contributed by atoms with Crippen LogP contribution in [0.1, 0.15) is 30.9 Å². The zero-order chi connectivity index (χ0) is 11.3. The Balaban J connectivity index is 2.54. The Kier molecular flexibility index (Phi) is 4.35. The minimum absolute atomic E-state index is 0.251. The van der Waals surface area contributed by atoms with E-state index in [-0.39, 0.29) is 5.78 Å². The monoisotopic (exact) mass is 206 g/mol. The molecule has 0 aliphatic rings. The largest absolute Gasteiger partial charge is 0.493 e. The van der Waals surface area contributed by atoms with Crippen LogP contribution in [0.25, 0.3) is 0 Å². The van der Waals surface area contributed by atoms with Gasteiger partial charge in [-0.05, 0) is 25.0 Å². The van der Waals surface area contributed by atoms with Crippen molar-refractivity contribution in [1.82, 2.24) is 0 Å². The smallest absolute Gasteiger partial charge is 0.136 e. The SMILES string of the molecule is CCC(=O)CCOc1c(C)cccc1C. The molecule has 0 aromatic heterocycles. The van der Waals surface area contributed by atoms with E-state index < -0.39 is 0 Å². The van der Waals surface area contributed by atoms with Gasteiger partial charge in [0.1, 0.15) is 11.5 Å². The predicted octanol–water partition coefficient (Wildman–Crippen LogP) is 3.05. The molecule has 0 heterocycles. The molecule has 0 N–H and O–H groups in total. The van der Waals surface area contributed by atoms with Crippen LogP contribution in [0.4, 0.5) is 0 Å². The fourth-order valence-electron chi connectivity index (χ4n) is 1.47. The zero-order valence-corrected chi connectivity index (χ0v) is 9.67. The molecule has 0 bridgehead atoms. The van der Waals surface area contributed by atoms with Crippen LogP contribution in [-0.2, 0) is 4.79 Å². The third kappa shape index (κ3) is 3.39. The van der Waals surface area contributed by atoms with Crippen LogP contribution in [0.15, 0.2) is 18.2 Å². The summed E-state index contributed by atoms with van der Waals surface area (Å²) in [6, 6.07) is 6.04. The van der Waals surface area contributed by atoms with Gasteiger partial charge in [0, 0.05) is 12.8 Å². The fraction of sp³-hybridized carbons (Fsp3) is 0.462. The number of aryl methyl sites for hydroxylation is 2. The maximum atomic E-state index is 11.1. The highest BCUT2D eigenvalue weighted by Crippen LogP contribution is 2.22. The van der Waals surface area contributed by atoms with Gasteiger partial charge in [0.2, 0.25) is 0 Å². The standard InChI is InChI=1S/C13H18O2/c1-4-12(14)8-9-15-13-10(2)6-5-7-11(13)3/h5-7H,4,8-9H2,1-3H3. The van der Waals surface area contributed by atoms with Crippen molar-refractivity contribution in [2.45, 2.75) is 33.6 Å². The molecule has 82 valence electrons. The van der Waals surface area contributed by atoms with Crippen LogP contribution in [0.5, 0.6) is 5.75 Å². The second kappa shape index (κ2) is 5.54. The van der Waals surface area contributed by atoms with E-state index in [1.165, 1.54) is 0 Å². The molecule has 2 heteroatoms. The van der Waals surface area contributed by atoms with E-state index in [0.29, 0.717) is 19.4 Å². The average molecular weight is 206 g/mol. The maximum absolute atomic E-state index is 11.1. The molecule has 1 rings (SSSR count). The Hall–Kier alpha value is -1.31. The molecular formula is C13H18O2. The summed E-state index contributed by atoms with van der Waals surface area (Å²) >= 11 is 0. The third-order valence-electron chi connectivity index (χ3n) is 2.43. The summed E-state index contributed by atoms with van der Waals surface area (Å²) in [5, 5.41) is 0. The molecule has 1 aromatic carbocycles. The maximum Gasteiger partial charge on any atom is 0.136 e. The average Bonchev–Trinajstić information content (AvgIpc) is 2.22. The molecule has 0 aliphatic carbocycles. The molecule has 1 aromatic rings. The summed E-state index contributed by atoms with van der Waals surface area (Å²) in [6.07, 6.45) is 1.10. The summed E-state index contributed by atoms with van der Waals surface area (Å²) in [5.74, 6) is 1.17. The van der Waals surface area contributed by atoms with E-state index in [2.05, 4.69) is 0 Å². The van der Waals surface area contributed by atoms with Gasteiger partial charge in [-0.3, -0.25) is 4.79 Å². The minimum Gasteiger partial charge on any atom is -0.493 e. The summed E-state index contributed by atoms with van der Waals surface area (Å²) in [7, 11) is 0. The Morgan fingerprint density at radius 1 is 1.27 bits per heavy atom. The summed E-state index contributed by atoms with van der Waals surface area (Å²) in [4.78, 5) is 11.1. The first-order valence-corrected chi connectivity index (χ1v) is 5.36. The third-order valence-corrected chi connectivity index (χ3v) is 2.43. The highest BCUT2D eigenvalue weighted by Gasteiger charge is 2.04. The lowest BCUT2D eigenvalue weighted by Gasteiger charge is -2.11. The van der Waals surface area contributed by atoms with E-state index in [0.717, 1.165) is 16.9 Å². The van der Waals surface area contributed by atoms with Crippen LogP contribution in [0.3, 0.4) is 0 Å². The van der Waals surface area contributed by atoms with Crippen molar-refractivity contribution in [1.29, 1.82) is 0 Å². The summed E-state index contributed by atoms with van der Waals surface area (Å²) in [5.41, 5.74) is 2.25. The van der Waals surface area contributed by atoms with E-state index in [1.807, 2.05) is 39.0 Å². The number of para-hydroxylation sites is 1. The molecule has 2 nitrogen and oxygen atoms in total. The number of carbonyl (C=O) groups excluding carboxylic acids is 1. The molecule has 0 radical (unpaired) electrons. The molecule has 0 atom stereocenters. The van der Waals surface area contributed by atoms with Crippen LogP contribution in [-0.4, -0.2) is 12.4 Å². The van der Waals surface area contributed by atoms with Crippen molar-refractivity contribution >= 4 is 5.78 Å². The first-order chi connectivity index (χ1) is 7.15. The van der Waals surface area contributed by atoms with Crippen molar-refractivity contribution in [2.24, 2.45) is 0 Å². The molecule has 0 spiro atoms. The number of hydrogen-bond acceptors (Lipinski definition) is 2. The topological polar surface area (TPSA) is 26.3 Å². The van der Waals surface area contributed by atoms with E-state index in [4.69, 9.17) is 4.74 Å². The first-order valence-electron chi connectivity index (χ1n) is 5.36. The number of carbonyl (C=O) groups is 1. The Bertz CT molecular complexity index is 322. The number of benzene rings is 1. The number of ketones is 1. The molecule has 15 heavy (non-hydrogen) atoms. The van der Waals surface area contributed by atoms with E-state index in [9.17, 15) is 4.79 Å². The van der Waals surface area contributed by atoms with Crippen molar-refractivity contribution in [3.63, 3.8) is 0 Å². The molecular weight excluding hydrogens is 188 g/mol. The molecule has 0 aliphatic heterocycles. The Morgan fingerprint density at radius 3 is 2.40 bits per heavy atom. The quantitative estimate of drug-likeness (QED) is 0.740. The number of rotatable bonds is 5. The van der Waals surface area contributed by atoms with Crippen LogP contribution in [0, 0.1) is 13.8 Å². The number of Topliss-reactive ketones (excluding diaryl/α,β-unsaturated/α-hetero) is 1. The van der Waals surface area contributed by atoms with Crippen LogP contribution >= 0.6 is 0 Å². The second-order valence-corrected chi connectivity index (χ2v) is 3.71. The lowest BCUT2D eigenvalue weighted by molar-refractivity contribution is -0.119. The van der Waals surface area contributed by atoms with E-state index in [1.54, 1.807) is 0 Å². The lowest BCUT2D eigenvalue weighted by Crippen LogP contribution is -2.06. The minimum atomic E-state index is 0.251. The predicted molar refractivity (Wildman–Crippen MR) is 61.3 cm³/mol. The first kappa shape index (κ1) is 11.8. The Morgan fingerprint density at radius 2 is 1.87 bits per heavy atom. The van der Waals surface area contributed by atoms with Crippen LogP contribution < -0.4 is 4.74 Å². The normalized spacial score (nSPS) is 10.1. The van der Waals surface area contributed by atoms with Gasteiger partial charge in [0.15, 0.2) is 0 Å². The fourth-order valence-corrected chi connectivity index (χ4v) is 1.47. The molecule has 0 saturated carbocycles.